The van der Waals surface area contributed by atoms with Crippen LogP contribution >= 0.6 is 0 Å². The third-order valence-electron chi connectivity index (χ3n) is 3.00. The van der Waals surface area contributed by atoms with E-state index in [0.717, 1.165) is 18.8 Å². The number of anilines is 2. The first-order valence-corrected chi connectivity index (χ1v) is 6.04. The van der Waals surface area contributed by atoms with E-state index in [-0.39, 0.29) is 5.97 Å². The number of esters is 1. The zero-order valence-electron chi connectivity index (χ0n) is 10.1. The van der Waals surface area contributed by atoms with Gasteiger partial charge in [-0.05, 0) is 38.0 Å². The molecular weight excluding hydrogens is 216 g/mol. The number of nitrogen functional groups attached to an aromatic ring is 1. The van der Waals surface area contributed by atoms with E-state index < -0.39 is 0 Å². The fourth-order valence-corrected chi connectivity index (χ4v) is 2.10. The minimum Gasteiger partial charge on any atom is -0.462 e. The molecule has 1 aromatic carbocycles. The molecule has 1 saturated heterocycles. The van der Waals surface area contributed by atoms with E-state index in [9.17, 15) is 4.79 Å². The largest absolute Gasteiger partial charge is 0.462 e. The molecule has 0 aromatic heterocycles. The third kappa shape index (κ3) is 2.52. The number of benzene rings is 1. The minimum absolute atomic E-state index is 0.342. The van der Waals surface area contributed by atoms with Crippen LogP contribution < -0.4 is 10.6 Å². The molecule has 1 aliphatic heterocycles. The number of hydrogen-bond donors (Lipinski definition) is 1. The first-order chi connectivity index (χ1) is 8.22. The van der Waals surface area contributed by atoms with E-state index in [0.29, 0.717) is 17.9 Å². The van der Waals surface area contributed by atoms with Gasteiger partial charge in [0.05, 0.1) is 12.2 Å². The van der Waals surface area contributed by atoms with Crippen molar-refractivity contribution < 1.29 is 9.53 Å². The molecule has 17 heavy (non-hydrogen) atoms. The Labute approximate surface area is 101 Å². The molecule has 0 aliphatic carbocycles. The Morgan fingerprint density at radius 1 is 1.41 bits per heavy atom. The fourth-order valence-electron chi connectivity index (χ4n) is 2.10. The summed E-state index contributed by atoms with van der Waals surface area (Å²) in [6, 6.07) is 5.57. The van der Waals surface area contributed by atoms with Crippen LogP contribution in [0.2, 0.25) is 0 Å². The molecule has 1 heterocycles. The summed E-state index contributed by atoms with van der Waals surface area (Å²) in [7, 11) is 0. The highest BCUT2D eigenvalue weighted by Crippen LogP contribution is 2.25. The first-order valence-electron chi connectivity index (χ1n) is 6.04. The Kier molecular flexibility index (Phi) is 3.52. The Bertz CT molecular complexity index is 412. The van der Waals surface area contributed by atoms with Gasteiger partial charge in [-0.25, -0.2) is 4.79 Å². The van der Waals surface area contributed by atoms with Crippen LogP contribution in [0.4, 0.5) is 11.4 Å². The van der Waals surface area contributed by atoms with Gasteiger partial charge < -0.3 is 15.4 Å². The van der Waals surface area contributed by atoms with Crippen molar-refractivity contribution in [2.24, 2.45) is 0 Å². The summed E-state index contributed by atoms with van der Waals surface area (Å²) in [5.74, 6) is -0.342. The van der Waals surface area contributed by atoms with Gasteiger partial charge in [0.1, 0.15) is 0 Å². The Morgan fingerprint density at radius 3 is 2.76 bits per heavy atom. The second kappa shape index (κ2) is 5.08. The lowest BCUT2D eigenvalue weighted by Gasteiger charge is -2.18. The number of nitrogens with two attached hydrogens (primary N) is 1. The zero-order valence-corrected chi connectivity index (χ0v) is 10.1. The summed E-state index contributed by atoms with van der Waals surface area (Å²) >= 11 is 0. The molecule has 2 N–H and O–H groups in total. The number of hydrogen-bond acceptors (Lipinski definition) is 4. The van der Waals surface area contributed by atoms with Crippen LogP contribution in [-0.4, -0.2) is 25.7 Å². The number of nitrogens with zero attached hydrogens (tertiary/aromatic N) is 1. The quantitative estimate of drug-likeness (QED) is 0.642. The maximum atomic E-state index is 11.7. The highest BCUT2D eigenvalue weighted by Gasteiger charge is 2.16. The predicted molar refractivity (Wildman–Crippen MR) is 68.3 cm³/mol. The average molecular weight is 234 g/mol. The molecule has 1 aliphatic rings. The van der Waals surface area contributed by atoms with Gasteiger partial charge in [0.2, 0.25) is 0 Å². The van der Waals surface area contributed by atoms with Crippen LogP contribution in [0.3, 0.4) is 0 Å². The smallest absolute Gasteiger partial charge is 0.340 e. The third-order valence-corrected chi connectivity index (χ3v) is 3.00. The molecule has 0 spiro atoms. The maximum absolute atomic E-state index is 11.7. The molecule has 1 fully saturated rings. The van der Waals surface area contributed by atoms with Crippen molar-refractivity contribution >= 4 is 17.3 Å². The van der Waals surface area contributed by atoms with Crippen molar-refractivity contribution in [2.75, 3.05) is 30.3 Å². The van der Waals surface area contributed by atoms with Crippen molar-refractivity contribution in [3.05, 3.63) is 23.8 Å². The summed E-state index contributed by atoms with van der Waals surface area (Å²) in [5.41, 5.74) is 7.80. The molecule has 0 amide bonds. The van der Waals surface area contributed by atoms with Crippen LogP contribution in [0.1, 0.15) is 30.1 Å². The second-order valence-electron chi connectivity index (χ2n) is 4.19. The monoisotopic (exact) mass is 234 g/mol. The molecule has 1 aromatic rings. The van der Waals surface area contributed by atoms with Crippen LogP contribution in [0.5, 0.6) is 0 Å². The molecular formula is C13H18N2O2. The van der Waals surface area contributed by atoms with Gasteiger partial charge in [-0.15, -0.1) is 0 Å². The number of carbonyl (C=O) groups excluding carboxylic acids is 1. The Hall–Kier alpha value is -1.71. The molecule has 4 nitrogen and oxygen atoms in total. The zero-order chi connectivity index (χ0) is 12.3. The van der Waals surface area contributed by atoms with Crippen molar-refractivity contribution in [2.45, 2.75) is 19.8 Å². The van der Waals surface area contributed by atoms with Gasteiger partial charge in [-0.3, -0.25) is 0 Å². The summed E-state index contributed by atoms with van der Waals surface area (Å²) < 4.78 is 4.99. The van der Waals surface area contributed by atoms with Gasteiger partial charge in [-0.2, -0.15) is 0 Å². The van der Waals surface area contributed by atoms with Crippen molar-refractivity contribution in [3.63, 3.8) is 0 Å². The van der Waals surface area contributed by atoms with E-state index >= 15 is 0 Å². The van der Waals surface area contributed by atoms with Crippen LogP contribution in [0.25, 0.3) is 0 Å². The van der Waals surface area contributed by atoms with Crippen LogP contribution in [0, 0.1) is 0 Å². The van der Waals surface area contributed by atoms with Gasteiger partial charge in [0.15, 0.2) is 0 Å². The van der Waals surface area contributed by atoms with Crippen LogP contribution in [-0.2, 0) is 4.74 Å². The highest BCUT2D eigenvalue weighted by atomic mass is 16.5. The molecule has 2 rings (SSSR count). The van der Waals surface area contributed by atoms with Crippen molar-refractivity contribution in [1.82, 2.24) is 0 Å². The molecule has 0 bridgehead atoms. The molecule has 0 atom stereocenters. The minimum atomic E-state index is -0.342. The normalized spacial score (nSPS) is 15.0. The average Bonchev–Trinajstić information content (AvgIpc) is 2.83. The van der Waals surface area contributed by atoms with E-state index in [1.807, 2.05) is 12.1 Å². The fraction of sp³-hybridized carbons (Fsp3) is 0.462. The van der Waals surface area contributed by atoms with E-state index in [2.05, 4.69) is 4.90 Å². The maximum Gasteiger partial charge on any atom is 0.340 e. The summed E-state index contributed by atoms with van der Waals surface area (Å²) in [6.45, 7) is 4.25. The molecule has 92 valence electrons. The molecule has 4 heteroatoms. The van der Waals surface area contributed by atoms with Gasteiger partial charge in [-0.1, -0.05) is 0 Å². The number of ether oxygens (including phenoxy) is 1. The van der Waals surface area contributed by atoms with E-state index in [1.54, 1.807) is 13.0 Å². The van der Waals surface area contributed by atoms with Crippen molar-refractivity contribution in [1.29, 1.82) is 0 Å². The standard InChI is InChI=1S/C13H18N2O2/c1-2-17-13(16)11-9-10(5-6-12(11)14)15-7-3-4-8-15/h5-6,9H,2-4,7-8,14H2,1H3. The molecule has 0 unspecified atom stereocenters. The topological polar surface area (TPSA) is 55.6 Å². The SMILES string of the molecule is CCOC(=O)c1cc(N2CCCC2)ccc1N. The van der Waals surface area contributed by atoms with E-state index in [1.165, 1.54) is 12.8 Å². The first kappa shape index (κ1) is 11.8. The summed E-state index contributed by atoms with van der Waals surface area (Å²) in [6.07, 6.45) is 2.41. The Balaban J connectivity index is 2.25. The molecule has 0 saturated carbocycles. The number of carbonyl (C=O) groups is 1. The van der Waals surface area contributed by atoms with Gasteiger partial charge >= 0.3 is 5.97 Å². The number of rotatable bonds is 3. The Morgan fingerprint density at radius 2 is 2.12 bits per heavy atom. The van der Waals surface area contributed by atoms with Gasteiger partial charge in [0.25, 0.3) is 0 Å². The predicted octanol–water partition coefficient (Wildman–Crippen LogP) is 2.05. The van der Waals surface area contributed by atoms with Gasteiger partial charge in [0, 0.05) is 24.5 Å². The lowest BCUT2D eigenvalue weighted by Crippen LogP contribution is -2.18. The lowest BCUT2D eigenvalue weighted by molar-refractivity contribution is 0.0527. The molecule has 0 radical (unpaired) electrons. The lowest BCUT2D eigenvalue weighted by atomic mass is 10.1. The van der Waals surface area contributed by atoms with E-state index in [4.69, 9.17) is 10.5 Å². The second-order valence-corrected chi connectivity index (χ2v) is 4.19. The summed E-state index contributed by atoms with van der Waals surface area (Å²) in [4.78, 5) is 14.0. The van der Waals surface area contributed by atoms with Crippen molar-refractivity contribution in [3.8, 4) is 0 Å². The highest BCUT2D eigenvalue weighted by molar-refractivity contribution is 5.96. The summed E-state index contributed by atoms with van der Waals surface area (Å²) in [5, 5.41) is 0. The van der Waals surface area contributed by atoms with Crippen LogP contribution in [0.15, 0.2) is 18.2 Å².